The third-order valence-electron chi connectivity index (χ3n) is 7.14. The molecule has 1 fully saturated rings. The summed E-state index contributed by atoms with van der Waals surface area (Å²) in [6, 6.07) is 14.1. The summed E-state index contributed by atoms with van der Waals surface area (Å²) < 4.78 is 15.0. The van der Waals surface area contributed by atoms with Crippen molar-refractivity contribution in [2.75, 3.05) is 19.6 Å². The molecule has 1 aliphatic heterocycles. The molecule has 4 heteroatoms. The Bertz CT molecular complexity index is 1410. The van der Waals surface area contributed by atoms with E-state index in [1.165, 1.54) is 12.1 Å². The molecule has 0 unspecified atom stereocenters. The van der Waals surface area contributed by atoms with Gasteiger partial charge in [-0.05, 0) is 79.3 Å². The fraction of sp³-hybridized carbons (Fsp3) is 0.410. The minimum atomic E-state index is -0.184. The highest BCUT2D eigenvalue weighted by molar-refractivity contribution is 5.97. The average molecular weight is 584 g/mol. The first kappa shape index (κ1) is 35.7. The van der Waals surface area contributed by atoms with Crippen LogP contribution in [0.15, 0.2) is 79.2 Å². The van der Waals surface area contributed by atoms with Crippen LogP contribution in [0.25, 0.3) is 27.7 Å². The molecule has 0 amide bonds. The molecule has 2 heterocycles. The number of hydrogen-bond donors (Lipinski definition) is 1. The predicted molar refractivity (Wildman–Crippen MR) is 188 cm³/mol. The van der Waals surface area contributed by atoms with Crippen LogP contribution in [0.1, 0.15) is 103 Å². The molecule has 0 radical (unpaired) electrons. The molecule has 0 bridgehead atoms. The summed E-state index contributed by atoms with van der Waals surface area (Å²) in [6.07, 6.45) is 13.7. The summed E-state index contributed by atoms with van der Waals surface area (Å²) in [7, 11) is 0. The molecule has 3 aromatic rings. The van der Waals surface area contributed by atoms with Gasteiger partial charge in [-0.1, -0.05) is 97.7 Å². The largest absolute Gasteiger partial charge is 0.343 e. The Hall–Kier alpha value is -3.50. The minimum absolute atomic E-state index is 0.184. The lowest BCUT2D eigenvalue weighted by Gasteiger charge is -2.33. The first-order valence-electron chi connectivity index (χ1n) is 16.3. The fourth-order valence-electron chi connectivity index (χ4n) is 5.13. The number of piperazine rings is 1. The Kier molecular flexibility index (Phi) is 15.7. The number of aromatic nitrogens is 1. The first-order valence-corrected chi connectivity index (χ1v) is 16.3. The zero-order valence-electron chi connectivity index (χ0n) is 28.0. The second-order valence-electron chi connectivity index (χ2n) is 10.7. The van der Waals surface area contributed by atoms with Crippen LogP contribution in [0.2, 0.25) is 0 Å². The number of nitrogens with zero attached hydrogens (tertiary/aromatic N) is 2. The van der Waals surface area contributed by atoms with Gasteiger partial charge < -0.3 is 10.2 Å². The van der Waals surface area contributed by atoms with E-state index >= 15 is 0 Å². The zero-order valence-corrected chi connectivity index (χ0v) is 28.0. The van der Waals surface area contributed by atoms with Crippen molar-refractivity contribution >= 4 is 27.7 Å². The molecule has 1 N–H and O–H groups in total. The number of rotatable bonds is 9. The van der Waals surface area contributed by atoms with Gasteiger partial charge in [0.05, 0.1) is 5.52 Å². The molecule has 232 valence electrons. The van der Waals surface area contributed by atoms with Crippen LogP contribution in [-0.2, 0) is 6.42 Å². The van der Waals surface area contributed by atoms with Crippen LogP contribution < -0.4 is 5.32 Å². The van der Waals surface area contributed by atoms with E-state index in [-0.39, 0.29) is 5.82 Å². The third-order valence-corrected chi connectivity index (χ3v) is 7.14. The lowest BCUT2D eigenvalue weighted by Crippen LogP contribution is -2.40. The van der Waals surface area contributed by atoms with Crippen LogP contribution in [0.4, 0.5) is 4.39 Å². The number of allylic oxidation sites excluding steroid dienone is 5. The minimum Gasteiger partial charge on any atom is -0.343 e. The summed E-state index contributed by atoms with van der Waals surface area (Å²) in [5.74, 6) is -0.184. The number of pyridine rings is 1. The lowest BCUT2D eigenvalue weighted by molar-refractivity contribution is 0.411. The maximum absolute atomic E-state index is 15.0. The number of unbranched alkanes of at least 4 members (excludes halogenated alkanes) is 1. The summed E-state index contributed by atoms with van der Waals surface area (Å²) in [4.78, 5) is 7.14. The van der Waals surface area contributed by atoms with Gasteiger partial charge in [0.25, 0.3) is 0 Å². The van der Waals surface area contributed by atoms with Crippen molar-refractivity contribution in [3.63, 3.8) is 0 Å². The highest BCUT2D eigenvalue weighted by Gasteiger charge is 2.19. The first-order chi connectivity index (χ1) is 20.9. The van der Waals surface area contributed by atoms with E-state index in [0.717, 1.165) is 89.8 Å². The Morgan fingerprint density at radius 3 is 2.40 bits per heavy atom. The van der Waals surface area contributed by atoms with Crippen molar-refractivity contribution in [2.45, 2.75) is 87.5 Å². The summed E-state index contributed by atoms with van der Waals surface area (Å²) in [5, 5.41) is 4.47. The molecule has 0 spiro atoms. The lowest BCUT2D eigenvalue weighted by atomic mass is 9.92. The van der Waals surface area contributed by atoms with Crippen LogP contribution in [0, 0.1) is 5.82 Å². The van der Waals surface area contributed by atoms with Crippen LogP contribution in [-0.4, -0.2) is 29.5 Å². The molecule has 43 heavy (non-hydrogen) atoms. The van der Waals surface area contributed by atoms with Crippen LogP contribution >= 0.6 is 0 Å². The maximum Gasteiger partial charge on any atom is 0.130 e. The smallest absolute Gasteiger partial charge is 0.130 e. The van der Waals surface area contributed by atoms with Crippen LogP contribution in [0.5, 0.6) is 0 Å². The number of fused-ring (bicyclic) bond motifs is 1. The van der Waals surface area contributed by atoms with Crippen molar-refractivity contribution in [3.8, 4) is 0 Å². The molecular weight excluding hydrogens is 529 g/mol. The summed E-state index contributed by atoms with van der Waals surface area (Å²) >= 11 is 0. The van der Waals surface area contributed by atoms with Gasteiger partial charge in [0.15, 0.2) is 0 Å². The summed E-state index contributed by atoms with van der Waals surface area (Å²) in [5.41, 5.74) is 9.12. The second-order valence-corrected chi connectivity index (χ2v) is 10.7. The monoisotopic (exact) mass is 583 g/mol. The third kappa shape index (κ3) is 9.76. The normalized spacial score (nSPS) is 14.2. The molecule has 0 aliphatic carbocycles. The van der Waals surface area contributed by atoms with Gasteiger partial charge in [-0.25, -0.2) is 4.39 Å². The van der Waals surface area contributed by atoms with E-state index in [1.807, 2.05) is 52.1 Å². The van der Waals surface area contributed by atoms with E-state index in [4.69, 9.17) is 4.98 Å². The molecule has 0 saturated carbocycles. The van der Waals surface area contributed by atoms with Gasteiger partial charge in [0.1, 0.15) is 5.82 Å². The maximum atomic E-state index is 15.0. The molecule has 1 aliphatic rings. The number of halogens is 1. The Morgan fingerprint density at radius 1 is 1.02 bits per heavy atom. The summed E-state index contributed by atoms with van der Waals surface area (Å²) in [6.45, 7) is 23.5. The zero-order chi connectivity index (χ0) is 31.8. The van der Waals surface area contributed by atoms with E-state index in [9.17, 15) is 4.39 Å². The van der Waals surface area contributed by atoms with Crippen LogP contribution in [0.3, 0.4) is 0 Å². The molecular formula is C39H54FN3. The number of aryl methyl sites for hydroxylation is 1. The Balaban J connectivity index is 0.00000121. The molecule has 3 nitrogen and oxygen atoms in total. The molecule has 0 atom stereocenters. The van der Waals surface area contributed by atoms with Gasteiger partial charge in [0.2, 0.25) is 0 Å². The van der Waals surface area contributed by atoms with Gasteiger partial charge in [0, 0.05) is 53.7 Å². The van der Waals surface area contributed by atoms with Crippen molar-refractivity contribution in [3.05, 3.63) is 107 Å². The van der Waals surface area contributed by atoms with Gasteiger partial charge in [-0.15, -0.1) is 0 Å². The van der Waals surface area contributed by atoms with E-state index in [2.05, 4.69) is 80.9 Å². The van der Waals surface area contributed by atoms with Crippen molar-refractivity contribution < 1.29 is 4.39 Å². The average Bonchev–Trinajstić information content (AvgIpc) is 3.02. The van der Waals surface area contributed by atoms with Crippen molar-refractivity contribution in [1.29, 1.82) is 0 Å². The predicted octanol–water partition coefficient (Wildman–Crippen LogP) is 10.8. The SMILES string of the molecule is C=C1CNCCN1/C(=C\CCC)c1cnc2ccc(C(/C=C\C)=C(/C)c3cc(CCC)ccc3F)cc2c1.CC.CCC. The van der Waals surface area contributed by atoms with Gasteiger partial charge in [-0.3, -0.25) is 4.98 Å². The van der Waals surface area contributed by atoms with E-state index in [0.29, 0.717) is 5.56 Å². The quantitative estimate of drug-likeness (QED) is 0.201. The Labute approximate surface area is 261 Å². The van der Waals surface area contributed by atoms with Gasteiger partial charge in [-0.2, -0.15) is 0 Å². The molecule has 4 rings (SSSR count). The van der Waals surface area contributed by atoms with Crippen molar-refractivity contribution in [2.24, 2.45) is 0 Å². The fourth-order valence-corrected chi connectivity index (χ4v) is 5.13. The van der Waals surface area contributed by atoms with Gasteiger partial charge >= 0.3 is 0 Å². The molecule has 1 saturated heterocycles. The molecule has 1 aromatic heterocycles. The molecule has 2 aromatic carbocycles. The number of hydrogen-bond acceptors (Lipinski definition) is 3. The topological polar surface area (TPSA) is 28.2 Å². The van der Waals surface area contributed by atoms with E-state index < -0.39 is 0 Å². The number of nitrogens with one attached hydrogen (secondary N) is 1. The number of benzene rings is 2. The highest BCUT2D eigenvalue weighted by atomic mass is 19.1. The van der Waals surface area contributed by atoms with E-state index in [1.54, 1.807) is 6.07 Å². The van der Waals surface area contributed by atoms with Crippen molar-refractivity contribution in [1.82, 2.24) is 15.2 Å². The Morgan fingerprint density at radius 2 is 1.74 bits per heavy atom. The second kappa shape index (κ2) is 18.9. The highest BCUT2D eigenvalue weighted by Crippen LogP contribution is 2.33. The standard InChI is InChI=1S/C34H40FN3.C3H8.C2H6/c1-6-9-12-34(38-18-17-36-22-24(38)4)29-21-28-20-27(14-16-33(28)37-23-29)30(11-8-3)25(5)31-19-26(10-7-2)13-15-32(31)35;1-3-2;1-2/h8,11-16,19-21,23,36H,4,6-7,9-10,17-18,22H2,1-3,5H3;3H2,1-2H3;1-2H3/b11-8-,30-25-,34-12-;;.